The molecule has 1 aromatic carbocycles. The average Bonchev–Trinajstić information content (AvgIpc) is 2.49. The van der Waals surface area contributed by atoms with Crippen LogP contribution in [0.4, 0.5) is 11.4 Å². The molecule has 25 heavy (non-hydrogen) atoms. The minimum Gasteiger partial charge on any atom is -0.317 e. The number of nitro groups is 1. The summed E-state index contributed by atoms with van der Waals surface area (Å²) < 4.78 is 0. The molecule has 10 nitrogen and oxygen atoms in total. The highest BCUT2D eigenvalue weighted by Crippen LogP contribution is 2.34. The predicted octanol–water partition coefficient (Wildman–Crippen LogP) is 0.556. The summed E-state index contributed by atoms with van der Waals surface area (Å²) in [6, 6.07) is 1.82. The number of benzene rings is 1. The third-order valence-electron chi connectivity index (χ3n) is 2.96. The van der Waals surface area contributed by atoms with Crippen LogP contribution < -0.4 is 16.0 Å². The van der Waals surface area contributed by atoms with Crippen LogP contribution in [0.1, 0.15) is 0 Å². The van der Waals surface area contributed by atoms with Crippen LogP contribution in [0.25, 0.3) is 0 Å². The quantitative estimate of drug-likeness (QED) is 0.218. The molecule has 0 unspecified atom stereocenters. The monoisotopic (exact) mass is 404 g/mol. The first-order chi connectivity index (χ1) is 11.6. The van der Waals surface area contributed by atoms with Gasteiger partial charge in [0.15, 0.2) is 11.0 Å². The van der Waals surface area contributed by atoms with Crippen molar-refractivity contribution in [3.63, 3.8) is 0 Å². The normalized spacial score (nSPS) is 14.6. The Labute approximate surface area is 154 Å². The van der Waals surface area contributed by atoms with E-state index >= 15 is 0 Å². The molecule has 2 rings (SSSR count). The molecular weight excluding hydrogens is 399 g/mol. The van der Waals surface area contributed by atoms with Crippen molar-refractivity contribution in [2.45, 2.75) is 0 Å². The summed E-state index contributed by atoms with van der Waals surface area (Å²) in [5.74, 6) is -6.81. The molecule has 0 bridgehead atoms. The van der Waals surface area contributed by atoms with E-state index in [0.29, 0.717) is 0 Å². The second-order valence-corrected chi connectivity index (χ2v) is 5.82. The second-order valence-electron chi connectivity index (χ2n) is 4.60. The molecule has 1 aliphatic rings. The molecule has 13 heteroatoms. The maximum Gasteiger partial charge on any atom is 0.293 e. The number of carbonyl (C=O) groups is 4. The van der Waals surface area contributed by atoms with Crippen LogP contribution >= 0.6 is 35.4 Å². The molecular formula is C12H6Cl2N4O6S. The number of anilines is 1. The van der Waals surface area contributed by atoms with Gasteiger partial charge in [-0.3, -0.25) is 29.3 Å². The number of nitrogens with one attached hydrogen (secondary N) is 3. The number of hydrogen-bond donors (Lipinski definition) is 3. The zero-order valence-electron chi connectivity index (χ0n) is 11.8. The Morgan fingerprint density at radius 2 is 1.64 bits per heavy atom. The lowest BCUT2D eigenvalue weighted by Gasteiger charge is -2.21. The molecule has 0 aromatic heterocycles. The van der Waals surface area contributed by atoms with Gasteiger partial charge in [0.25, 0.3) is 11.6 Å². The van der Waals surface area contributed by atoms with E-state index in [1.807, 2.05) is 16.0 Å². The van der Waals surface area contributed by atoms with Gasteiger partial charge in [0, 0.05) is 12.1 Å². The van der Waals surface area contributed by atoms with E-state index in [0.717, 1.165) is 12.1 Å². The molecule has 1 aliphatic heterocycles. The summed E-state index contributed by atoms with van der Waals surface area (Å²) in [5, 5.41) is 15.9. The van der Waals surface area contributed by atoms with Gasteiger partial charge in [-0.15, -0.1) is 0 Å². The summed E-state index contributed by atoms with van der Waals surface area (Å²) in [7, 11) is 0. The van der Waals surface area contributed by atoms with Crippen LogP contribution in [-0.2, 0) is 19.2 Å². The van der Waals surface area contributed by atoms with E-state index in [9.17, 15) is 29.3 Å². The number of nitrogens with zero attached hydrogens (tertiary/aromatic N) is 1. The number of carbonyl (C=O) groups excluding carboxylic acids is 4. The Kier molecular flexibility index (Phi) is 5.30. The van der Waals surface area contributed by atoms with Gasteiger partial charge in [-0.1, -0.05) is 23.2 Å². The number of ketones is 1. The average molecular weight is 405 g/mol. The van der Waals surface area contributed by atoms with E-state index in [1.165, 1.54) is 0 Å². The summed E-state index contributed by atoms with van der Waals surface area (Å²) in [4.78, 5) is 57.4. The number of amides is 3. The molecule has 3 amide bonds. The second kappa shape index (κ2) is 7.09. The van der Waals surface area contributed by atoms with Gasteiger partial charge < -0.3 is 16.0 Å². The fourth-order valence-corrected chi connectivity index (χ4v) is 2.62. The van der Waals surface area contributed by atoms with Gasteiger partial charge in [-0.2, -0.15) is 0 Å². The Morgan fingerprint density at radius 1 is 1.16 bits per heavy atom. The molecule has 1 aromatic rings. The SMILES string of the molecule is O=C(Nc1c(Cl)cc([N+](=O)[O-])cc1Cl)C(=O)C1C(=O)NC(=S)NC1=O. The topological polar surface area (TPSA) is 148 Å². The molecule has 0 radical (unpaired) electrons. The zero-order valence-corrected chi connectivity index (χ0v) is 14.1. The number of Topliss-reactive ketones (excluding diaryl/α,β-unsaturated/α-hetero) is 1. The molecule has 0 saturated carbocycles. The maximum absolute atomic E-state index is 12.1. The first-order valence-corrected chi connectivity index (χ1v) is 7.42. The van der Waals surface area contributed by atoms with Gasteiger partial charge in [0.1, 0.15) is 0 Å². The largest absolute Gasteiger partial charge is 0.317 e. The highest BCUT2D eigenvalue weighted by molar-refractivity contribution is 7.80. The molecule has 0 spiro atoms. The van der Waals surface area contributed by atoms with Crippen LogP contribution in [0.15, 0.2) is 12.1 Å². The van der Waals surface area contributed by atoms with Gasteiger partial charge in [-0.25, -0.2) is 0 Å². The number of halogens is 2. The minimum absolute atomic E-state index is 0.278. The van der Waals surface area contributed by atoms with Crippen LogP contribution in [0.2, 0.25) is 10.0 Å². The predicted molar refractivity (Wildman–Crippen MR) is 89.1 cm³/mol. The summed E-state index contributed by atoms with van der Waals surface area (Å²) in [6.07, 6.45) is 0. The highest BCUT2D eigenvalue weighted by atomic mass is 35.5. The lowest BCUT2D eigenvalue weighted by molar-refractivity contribution is -0.384. The molecule has 1 heterocycles. The zero-order chi connectivity index (χ0) is 18.9. The van der Waals surface area contributed by atoms with Crippen molar-refractivity contribution >= 4 is 75.4 Å². The highest BCUT2D eigenvalue weighted by Gasteiger charge is 2.41. The van der Waals surface area contributed by atoms with Crippen molar-refractivity contribution in [3.8, 4) is 0 Å². The van der Waals surface area contributed by atoms with E-state index < -0.39 is 40.0 Å². The number of nitro benzene ring substituents is 1. The van der Waals surface area contributed by atoms with Crippen LogP contribution in [-0.4, -0.2) is 33.5 Å². The molecule has 0 aliphatic carbocycles. The van der Waals surface area contributed by atoms with Crippen LogP contribution in [0, 0.1) is 16.0 Å². The van der Waals surface area contributed by atoms with Crippen LogP contribution in [0.5, 0.6) is 0 Å². The summed E-state index contributed by atoms with van der Waals surface area (Å²) in [6.45, 7) is 0. The van der Waals surface area contributed by atoms with Crippen molar-refractivity contribution in [1.29, 1.82) is 0 Å². The molecule has 1 fully saturated rings. The summed E-state index contributed by atoms with van der Waals surface area (Å²) >= 11 is 16.2. The summed E-state index contributed by atoms with van der Waals surface area (Å²) in [5.41, 5.74) is -0.710. The van der Waals surface area contributed by atoms with Crippen molar-refractivity contribution in [1.82, 2.24) is 10.6 Å². The van der Waals surface area contributed by atoms with E-state index in [4.69, 9.17) is 23.2 Å². The van der Waals surface area contributed by atoms with Crippen molar-refractivity contribution in [2.24, 2.45) is 5.92 Å². The number of hydrogen-bond acceptors (Lipinski definition) is 7. The number of rotatable bonds is 4. The maximum atomic E-state index is 12.1. The van der Waals surface area contributed by atoms with E-state index in [-0.39, 0.29) is 20.8 Å². The lowest BCUT2D eigenvalue weighted by Crippen LogP contribution is -2.59. The smallest absolute Gasteiger partial charge is 0.293 e. The van der Waals surface area contributed by atoms with Crippen LogP contribution in [0.3, 0.4) is 0 Å². The van der Waals surface area contributed by atoms with Crippen molar-refractivity contribution in [3.05, 3.63) is 32.3 Å². The third kappa shape index (κ3) is 3.90. The first-order valence-electron chi connectivity index (χ1n) is 6.26. The van der Waals surface area contributed by atoms with Gasteiger partial charge in [-0.05, 0) is 12.2 Å². The van der Waals surface area contributed by atoms with E-state index in [2.05, 4.69) is 12.2 Å². The third-order valence-corrected chi connectivity index (χ3v) is 3.76. The van der Waals surface area contributed by atoms with Gasteiger partial charge >= 0.3 is 0 Å². The van der Waals surface area contributed by atoms with Crippen molar-refractivity contribution in [2.75, 3.05) is 5.32 Å². The molecule has 3 N–H and O–H groups in total. The van der Waals surface area contributed by atoms with Gasteiger partial charge in [0.05, 0.1) is 20.7 Å². The van der Waals surface area contributed by atoms with E-state index in [1.54, 1.807) is 0 Å². The molecule has 0 atom stereocenters. The Balaban J connectivity index is 2.24. The Morgan fingerprint density at radius 3 is 2.08 bits per heavy atom. The Hall–Kier alpha value is -2.63. The molecule has 1 saturated heterocycles. The standard InChI is InChI=1S/C12H6Cl2N4O6S/c13-4-1-3(18(23)24)2-5(14)7(4)15-11(22)8(19)6-9(20)16-12(25)17-10(6)21/h1-2,6H,(H,15,22)(H2,16,17,20,21,25). The fraction of sp³-hybridized carbons (Fsp3) is 0.0833. The fourth-order valence-electron chi connectivity index (χ4n) is 1.85. The number of thiocarbonyl (C=S) groups is 1. The minimum atomic E-state index is -1.94. The lowest BCUT2D eigenvalue weighted by atomic mass is 10.00. The molecule has 130 valence electrons. The number of non-ortho nitro benzene ring substituents is 1. The van der Waals surface area contributed by atoms with Crippen molar-refractivity contribution < 1.29 is 24.1 Å². The Bertz CT molecular complexity index is 815. The van der Waals surface area contributed by atoms with Gasteiger partial charge in [0.2, 0.25) is 17.6 Å². The first kappa shape index (κ1) is 18.7.